The number of methoxy groups -OCH3 is 1. The first-order chi connectivity index (χ1) is 9.55. The number of hydrogen-bond acceptors (Lipinski definition) is 3. The van der Waals surface area contributed by atoms with Crippen molar-refractivity contribution < 1.29 is 4.74 Å². The Kier molecular flexibility index (Phi) is 4.68. The fourth-order valence-electron chi connectivity index (χ4n) is 2.27. The minimum absolute atomic E-state index is 0.177. The molecule has 108 valence electrons. The van der Waals surface area contributed by atoms with Crippen LogP contribution >= 0.6 is 11.6 Å². The molecular weight excluding hydrogens is 274 g/mol. The molecule has 0 saturated heterocycles. The van der Waals surface area contributed by atoms with E-state index in [0.29, 0.717) is 11.4 Å². The third-order valence-electron chi connectivity index (χ3n) is 3.41. The standard InChI is InChI=1S/C15H20ClN3O/c1-4-11-8-12(19(2)18-11)9-14(17)13-7-10(16)5-6-15(13)20-3/h5-8,14H,4,9,17H2,1-3H3. The molecule has 0 radical (unpaired) electrons. The molecule has 0 aliphatic heterocycles. The molecule has 4 nitrogen and oxygen atoms in total. The average Bonchev–Trinajstić information content (AvgIpc) is 2.79. The van der Waals surface area contributed by atoms with Crippen LogP contribution in [0.4, 0.5) is 0 Å². The van der Waals surface area contributed by atoms with Crippen LogP contribution in [0.2, 0.25) is 5.02 Å². The molecule has 0 aliphatic rings. The summed E-state index contributed by atoms with van der Waals surface area (Å²) in [4.78, 5) is 0. The van der Waals surface area contributed by atoms with Crippen LogP contribution in [0.3, 0.4) is 0 Å². The van der Waals surface area contributed by atoms with Gasteiger partial charge in [-0.3, -0.25) is 4.68 Å². The molecule has 1 unspecified atom stereocenters. The van der Waals surface area contributed by atoms with E-state index < -0.39 is 0 Å². The zero-order chi connectivity index (χ0) is 14.7. The molecule has 1 atom stereocenters. The monoisotopic (exact) mass is 293 g/mol. The van der Waals surface area contributed by atoms with Crippen molar-refractivity contribution in [2.45, 2.75) is 25.8 Å². The minimum atomic E-state index is -0.177. The van der Waals surface area contributed by atoms with Crippen molar-refractivity contribution in [1.29, 1.82) is 0 Å². The highest BCUT2D eigenvalue weighted by Crippen LogP contribution is 2.29. The van der Waals surface area contributed by atoms with E-state index in [1.807, 2.05) is 23.9 Å². The number of halogens is 1. The van der Waals surface area contributed by atoms with Gasteiger partial charge in [-0.2, -0.15) is 5.10 Å². The highest BCUT2D eigenvalue weighted by atomic mass is 35.5. The van der Waals surface area contributed by atoms with Crippen molar-refractivity contribution in [3.63, 3.8) is 0 Å². The topological polar surface area (TPSA) is 53.1 Å². The molecule has 2 aromatic rings. The lowest BCUT2D eigenvalue weighted by Gasteiger charge is -2.16. The van der Waals surface area contributed by atoms with Crippen LogP contribution in [0, 0.1) is 0 Å². The highest BCUT2D eigenvalue weighted by Gasteiger charge is 2.15. The predicted octanol–water partition coefficient (Wildman–Crippen LogP) is 2.89. The van der Waals surface area contributed by atoms with Crippen LogP contribution in [0.1, 0.15) is 29.9 Å². The Morgan fingerprint density at radius 3 is 2.75 bits per heavy atom. The van der Waals surface area contributed by atoms with Gasteiger partial charge in [0.05, 0.1) is 12.8 Å². The van der Waals surface area contributed by atoms with Crippen LogP contribution < -0.4 is 10.5 Å². The fraction of sp³-hybridized carbons (Fsp3) is 0.400. The van der Waals surface area contributed by atoms with E-state index in [4.69, 9.17) is 22.1 Å². The molecule has 1 aromatic carbocycles. The van der Waals surface area contributed by atoms with Gasteiger partial charge in [-0.1, -0.05) is 18.5 Å². The molecule has 0 bridgehead atoms. The normalized spacial score (nSPS) is 12.4. The van der Waals surface area contributed by atoms with E-state index in [1.165, 1.54) is 0 Å². The molecule has 2 N–H and O–H groups in total. The summed E-state index contributed by atoms with van der Waals surface area (Å²) in [6.07, 6.45) is 1.61. The second-order valence-electron chi connectivity index (χ2n) is 4.80. The van der Waals surface area contributed by atoms with Crippen molar-refractivity contribution in [2.75, 3.05) is 7.11 Å². The third kappa shape index (κ3) is 3.14. The third-order valence-corrected chi connectivity index (χ3v) is 3.64. The highest BCUT2D eigenvalue weighted by molar-refractivity contribution is 6.30. The Balaban J connectivity index is 2.25. The number of aromatic nitrogens is 2. The minimum Gasteiger partial charge on any atom is -0.496 e. The maximum Gasteiger partial charge on any atom is 0.123 e. The summed E-state index contributed by atoms with van der Waals surface area (Å²) in [6.45, 7) is 2.09. The lowest BCUT2D eigenvalue weighted by atomic mass is 10.0. The van der Waals surface area contributed by atoms with Crippen LogP contribution in [0.15, 0.2) is 24.3 Å². The molecule has 1 aromatic heterocycles. The largest absolute Gasteiger partial charge is 0.496 e. The van der Waals surface area contributed by atoms with E-state index >= 15 is 0 Å². The van der Waals surface area contributed by atoms with Gasteiger partial charge in [0.15, 0.2) is 0 Å². The van der Waals surface area contributed by atoms with E-state index in [9.17, 15) is 0 Å². The van der Waals surface area contributed by atoms with Gasteiger partial charge in [-0.25, -0.2) is 0 Å². The van der Waals surface area contributed by atoms with Gasteiger partial charge in [-0.05, 0) is 30.7 Å². The molecule has 0 amide bonds. The number of benzene rings is 1. The van der Waals surface area contributed by atoms with Crippen molar-refractivity contribution in [3.05, 3.63) is 46.2 Å². The maximum absolute atomic E-state index is 6.31. The molecule has 1 heterocycles. The molecule has 0 spiro atoms. The summed E-state index contributed by atoms with van der Waals surface area (Å²) in [5.74, 6) is 0.764. The van der Waals surface area contributed by atoms with Crippen molar-refractivity contribution in [2.24, 2.45) is 12.8 Å². The van der Waals surface area contributed by atoms with Crippen LogP contribution in [0.25, 0.3) is 0 Å². The summed E-state index contributed by atoms with van der Waals surface area (Å²) in [7, 11) is 3.58. The van der Waals surface area contributed by atoms with Crippen LogP contribution in [-0.4, -0.2) is 16.9 Å². The summed E-state index contributed by atoms with van der Waals surface area (Å²) in [5.41, 5.74) is 9.41. The van der Waals surface area contributed by atoms with Gasteiger partial charge < -0.3 is 10.5 Å². The van der Waals surface area contributed by atoms with Crippen molar-refractivity contribution in [1.82, 2.24) is 9.78 Å². The van der Waals surface area contributed by atoms with Gasteiger partial charge in [0.1, 0.15) is 5.75 Å². The number of hydrogen-bond donors (Lipinski definition) is 1. The van der Waals surface area contributed by atoms with E-state index in [1.54, 1.807) is 13.2 Å². The summed E-state index contributed by atoms with van der Waals surface area (Å²) in [6, 6.07) is 7.43. The van der Waals surface area contributed by atoms with Gasteiger partial charge >= 0.3 is 0 Å². The number of aryl methyl sites for hydroxylation is 2. The molecule has 0 fully saturated rings. The Hall–Kier alpha value is -1.52. The molecule has 20 heavy (non-hydrogen) atoms. The van der Waals surface area contributed by atoms with Crippen molar-refractivity contribution >= 4 is 11.6 Å². The summed E-state index contributed by atoms with van der Waals surface area (Å²) >= 11 is 6.05. The molecule has 0 saturated carbocycles. The Labute approximate surface area is 124 Å². The number of nitrogens with zero attached hydrogens (tertiary/aromatic N) is 2. The zero-order valence-corrected chi connectivity index (χ0v) is 12.8. The molecule has 0 aliphatic carbocycles. The fourth-order valence-corrected chi connectivity index (χ4v) is 2.45. The lowest BCUT2D eigenvalue weighted by Crippen LogP contribution is -2.16. The average molecular weight is 294 g/mol. The van der Waals surface area contributed by atoms with Crippen LogP contribution in [-0.2, 0) is 19.9 Å². The molecule has 2 rings (SSSR count). The van der Waals surface area contributed by atoms with Gasteiger partial charge in [0.25, 0.3) is 0 Å². The van der Waals surface area contributed by atoms with Gasteiger partial charge in [-0.15, -0.1) is 0 Å². The quantitative estimate of drug-likeness (QED) is 0.922. The smallest absolute Gasteiger partial charge is 0.123 e. The van der Waals surface area contributed by atoms with E-state index in [2.05, 4.69) is 18.1 Å². The van der Waals surface area contributed by atoms with Crippen LogP contribution in [0.5, 0.6) is 5.75 Å². The van der Waals surface area contributed by atoms with Gasteiger partial charge in [0, 0.05) is 35.8 Å². The first-order valence-corrected chi connectivity index (χ1v) is 7.03. The summed E-state index contributed by atoms with van der Waals surface area (Å²) < 4.78 is 7.24. The van der Waals surface area contributed by atoms with Crippen molar-refractivity contribution in [3.8, 4) is 5.75 Å². The van der Waals surface area contributed by atoms with E-state index in [0.717, 1.165) is 29.1 Å². The first-order valence-electron chi connectivity index (χ1n) is 6.66. The maximum atomic E-state index is 6.31. The first kappa shape index (κ1) is 14.9. The second kappa shape index (κ2) is 6.29. The molecule has 5 heteroatoms. The zero-order valence-electron chi connectivity index (χ0n) is 12.1. The summed E-state index contributed by atoms with van der Waals surface area (Å²) in [5, 5.41) is 5.10. The SMILES string of the molecule is CCc1cc(CC(N)c2cc(Cl)ccc2OC)n(C)n1. The molecular formula is C15H20ClN3O. The lowest BCUT2D eigenvalue weighted by molar-refractivity contribution is 0.405. The number of nitrogens with two attached hydrogens (primary N) is 1. The number of ether oxygens (including phenoxy) is 1. The Bertz CT molecular complexity index is 595. The Morgan fingerprint density at radius 2 is 2.15 bits per heavy atom. The van der Waals surface area contributed by atoms with E-state index in [-0.39, 0.29) is 6.04 Å². The predicted molar refractivity (Wildman–Crippen MR) is 81.2 cm³/mol. The van der Waals surface area contributed by atoms with Gasteiger partial charge in [0.2, 0.25) is 0 Å². The second-order valence-corrected chi connectivity index (χ2v) is 5.24. The Morgan fingerprint density at radius 1 is 1.40 bits per heavy atom. The number of rotatable bonds is 5.